The Morgan fingerprint density at radius 3 is 2.84 bits per heavy atom. The van der Waals surface area contributed by atoms with Crippen LogP contribution in [0.5, 0.6) is 0 Å². The number of hydrogen-bond donors (Lipinski definition) is 1. The lowest BCUT2D eigenvalue weighted by Gasteiger charge is -2.23. The van der Waals surface area contributed by atoms with Gasteiger partial charge in [-0.3, -0.25) is 0 Å². The van der Waals surface area contributed by atoms with Crippen molar-refractivity contribution in [2.45, 2.75) is 45.2 Å². The Bertz CT molecular complexity index is 415. The highest BCUT2D eigenvalue weighted by Crippen LogP contribution is 2.36. The second-order valence-corrected chi connectivity index (χ2v) is 4.95. The molecule has 0 spiro atoms. The first-order valence-corrected chi connectivity index (χ1v) is 6.71. The molecular formula is C13H19F3N2O. The van der Waals surface area contributed by atoms with Gasteiger partial charge in [0.15, 0.2) is 0 Å². The minimum atomic E-state index is -4.10. The number of imidazole rings is 1. The minimum absolute atomic E-state index is 0.0294. The molecule has 0 amide bonds. The van der Waals surface area contributed by atoms with E-state index >= 15 is 0 Å². The lowest BCUT2D eigenvalue weighted by molar-refractivity contribution is -0.177. The Hall–Kier alpha value is -1.04. The number of alkyl halides is 3. The molecule has 0 bridgehead atoms. The van der Waals surface area contributed by atoms with E-state index in [4.69, 9.17) is 4.74 Å². The molecule has 19 heavy (non-hydrogen) atoms. The van der Waals surface area contributed by atoms with Crippen LogP contribution in [0.1, 0.15) is 37.0 Å². The zero-order valence-electron chi connectivity index (χ0n) is 11.0. The van der Waals surface area contributed by atoms with Crippen molar-refractivity contribution in [1.82, 2.24) is 9.97 Å². The summed E-state index contributed by atoms with van der Waals surface area (Å²) in [6.07, 6.45) is -1.93. The number of ether oxygens (including phenoxy) is 1. The second-order valence-electron chi connectivity index (χ2n) is 4.95. The molecule has 1 aliphatic carbocycles. The summed E-state index contributed by atoms with van der Waals surface area (Å²) in [4.78, 5) is 7.38. The molecule has 0 aromatic carbocycles. The molecule has 1 unspecified atom stereocenters. The number of aromatic amines is 1. The van der Waals surface area contributed by atoms with Gasteiger partial charge in [-0.05, 0) is 19.3 Å². The van der Waals surface area contributed by atoms with Crippen LogP contribution in [-0.2, 0) is 24.0 Å². The van der Waals surface area contributed by atoms with Gasteiger partial charge in [-0.2, -0.15) is 13.2 Å². The van der Waals surface area contributed by atoms with Crippen LogP contribution in [0.15, 0.2) is 0 Å². The molecule has 0 aliphatic heterocycles. The number of H-pyrrole nitrogens is 1. The second kappa shape index (κ2) is 5.94. The van der Waals surface area contributed by atoms with Crippen molar-refractivity contribution in [3.8, 4) is 0 Å². The number of aryl methyl sites for hydroxylation is 1. The SMILES string of the molecule is CCCOCCc1nc2c([nH]1)CC(C(F)(F)F)CC2. The maximum Gasteiger partial charge on any atom is 0.392 e. The summed E-state index contributed by atoms with van der Waals surface area (Å²) in [5.74, 6) is -0.492. The van der Waals surface area contributed by atoms with E-state index < -0.39 is 12.1 Å². The predicted octanol–water partition coefficient (Wildman–Crippen LogP) is 3.05. The van der Waals surface area contributed by atoms with Gasteiger partial charge in [0, 0.05) is 25.1 Å². The third-order valence-corrected chi connectivity index (χ3v) is 3.39. The molecule has 1 heterocycles. The normalized spacial score (nSPS) is 19.5. The van der Waals surface area contributed by atoms with Crippen molar-refractivity contribution in [2.24, 2.45) is 5.92 Å². The van der Waals surface area contributed by atoms with Gasteiger partial charge in [-0.25, -0.2) is 4.98 Å². The molecule has 3 nitrogen and oxygen atoms in total. The van der Waals surface area contributed by atoms with Crippen LogP contribution in [0.3, 0.4) is 0 Å². The summed E-state index contributed by atoms with van der Waals surface area (Å²) in [7, 11) is 0. The first kappa shape index (κ1) is 14.4. The van der Waals surface area contributed by atoms with Crippen LogP contribution in [0.25, 0.3) is 0 Å². The monoisotopic (exact) mass is 276 g/mol. The van der Waals surface area contributed by atoms with Gasteiger partial charge in [-0.15, -0.1) is 0 Å². The maximum absolute atomic E-state index is 12.7. The molecule has 0 saturated carbocycles. The molecule has 0 saturated heterocycles. The van der Waals surface area contributed by atoms with E-state index in [0.717, 1.165) is 17.9 Å². The van der Waals surface area contributed by atoms with Crippen LogP contribution < -0.4 is 0 Å². The van der Waals surface area contributed by atoms with Crippen LogP contribution in [0.4, 0.5) is 13.2 Å². The smallest absolute Gasteiger partial charge is 0.381 e. The summed E-state index contributed by atoms with van der Waals surface area (Å²) >= 11 is 0. The van der Waals surface area contributed by atoms with E-state index in [1.807, 2.05) is 6.92 Å². The number of nitrogens with zero attached hydrogens (tertiary/aromatic N) is 1. The maximum atomic E-state index is 12.7. The van der Waals surface area contributed by atoms with Gasteiger partial charge < -0.3 is 9.72 Å². The zero-order valence-corrected chi connectivity index (χ0v) is 11.0. The number of aromatic nitrogens is 2. The largest absolute Gasteiger partial charge is 0.392 e. The fourth-order valence-corrected chi connectivity index (χ4v) is 2.35. The highest BCUT2D eigenvalue weighted by molar-refractivity contribution is 5.19. The van der Waals surface area contributed by atoms with E-state index in [0.29, 0.717) is 31.7 Å². The van der Waals surface area contributed by atoms with Crippen LogP contribution >= 0.6 is 0 Å². The summed E-state index contributed by atoms with van der Waals surface area (Å²) in [5.41, 5.74) is 1.45. The van der Waals surface area contributed by atoms with E-state index in [2.05, 4.69) is 9.97 Å². The average molecular weight is 276 g/mol. The molecule has 0 fully saturated rings. The number of nitrogens with one attached hydrogen (secondary N) is 1. The molecule has 0 radical (unpaired) electrons. The Morgan fingerprint density at radius 1 is 1.37 bits per heavy atom. The Kier molecular flexibility index (Phi) is 4.50. The summed E-state index contributed by atoms with van der Waals surface area (Å²) in [5, 5.41) is 0. The van der Waals surface area contributed by atoms with E-state index in [-0.39, 0.29) is 12.8 Å². The number of fused-ring (bicyclic) bond motifs is 1. The molecule has 1 aromatic heterocycles. The van der Waals surface area contributed by atoms with E-state index in [9.17, 15) is 13.2 Å². The first-order valence-electron chi connectivity index (χ1n) is 6.71. The summed E-state index contributed by atoms with van der Waals surface area (Å²) in [6, 6.07) is 0. The zero-order chi connectivity index (χ0) is 13.9. The first-order chi connectivity index (χ1) is 9.00. The molecule has 1 atom stereocenters. The van der Waals surface area contributed by atoms with Crippen molar-refractivity contribution in [2.75, 3.05) is 13.2 Å². The molecule has 1 aliphatic rings. The van der Waals surface area contributed by atoms with Gasteiger partial charge in [0.05, 0.1) is 18.2 Å². The third-order valence-electron chi connectivity index (χ3n) is 3.39. The van der Waals surface area contributed by atoms with Crippen LogP contribution in [0.2, 0.25) is 0 Å². The molecule has 1 N–H and O–H groups in total. The Morgan fingerprint density at radius 2 is 2.16 bits per heavy atom. The van der Waals surface area contributed by atoms with Crippen LogP contribution in [0, 0.1) is 5.92 Å². The molecule has 6 heteroatoms. The predicted molar refractivity (Wildman–Crippen MR) is 65.0 cm³/mol. The Labute approximate surface area is 110 Å². The number of halogens is 3. The van der Waals surface area contributed by atoms with Gasteiger partial charge >= 0.3 is 6.18 Å². The summed E-state index contributed by atoms with van der Waals surface area (Å²) in [6.45, 7) is 3.29. The van der Waals surface area contributed by atoms with Gasteiger partial charge in [0.25, 0.3) is 0 Å². The molecule has 1 aromatic rings. The molecule has 108 valence electrons. The quantitative estimate of drug-likeness (QED) is 0.839. The highest BCUT2D eigenvalue weighted by Gasteiger charge is 2.41. The minimum Gasteiger partial charge on any atom is -0.381 e. The Balaban J connectivity index is 1.93. The number of hydrogen-bond acceptors (Lipinski definition) is 2. The lowest BCUT2D eigenvalue weighted by Crippen LogP contribution is -2.28. The molecule has 2 rings (SSSR count). The van der Waals surface area contributed by atoms with Gasteiger partial charge in [-0.1, -0.05) is 6.92 Å². The van der Waals surface area contributed by atoms with Crippen molar-refractivity contribution in [1.29, 1.82) is 0 Å². The standard InChI is InChI=1S/C13H19F3N2O/c1-2-6-19-7-5-12-17-10-4-3-9(13(14,15)16)8-11(10)18-12/h9H,2-8H2,1H3,(H,17,18). The van der Waals surface area contributed by atoms with Crippen molar-refractivity contribution < 1.29 is 17.9 Å². The lowest BCUT2D eigenvalue weighted by atomic mass is 9.89. The topological polar surface area (TPSA) is 37.9 Å². The number of rotatable bonds is 5. The average Bonchev–Trinajstić information content (AvgIpc) is 2.75. The third kappa shape index (κ3) is 3.72. The van der Waals surface area contributed by atoms with E-state index in [1.165, 1.54) is 0 Å². The van der Waals surface area contributed by atoms with Crippen molar-refractivity contribution in [3.63, 3.8) is 0 Å². The summed E-state index contributed by atoms with van der Waals surface area (Å²) < 4.78 is 43.4. The van der Waals surface area contributed by atoms with E-state index in [1.54, 1.807) is 0 Å². The fraction of sp³-hybridized carbons (Fsp3) is 0.769. The van der Waals surface area contributed by atoms with Gasteiger partial charge in [0.2, 0.25) is 0 Å². The highest BCUT2D eigenvalue weighted by atomic mass is 19.4. The van der Waals surface area contributed by atoms with Gasteiger partial charge in [0.1, 0.15) is 5.82 Å². The molecular weight excluding hydrogens is 257 g/mol. The van der Waals surface area contributed by atoms with Crippen molar-refractivity contribution >= 4 is 0 Å². The fourth-order valence-electron chi connectivity index (χ4n) is 2.35. The van der Waals surface area contributed by atoms with Crippen molar-refractivity contribution in [3.05, 3.63) is 17.2 Å². The van der Waals surface area contributed by atoms with Crippen LogP contribution in [-0.4, -0.2) is 29.4 Å².